The Labute approximate surface area is 174 Å². The van der Waals surface area contributed by atoms with Crippen molar-refractivity contribution in [2.45, 2.75) is 26.7 Å². The minimum atomic E-state index is -0.697. The van der Waals surface area contributed by atoms with Crippen LogP contribution >= 0.6 is 0 Å². The average Bonchev–Trinajstić information content (AvgIpc) is 2.70. The number of benzene rings is 2. The minimum Gasteiger partial charge on any atom is -0.494 e. The van der Waals surface area contributed by atoms with Gasteiger partial charge in [0, 0.05) is 6.07 Å². The second-order valence-electron chi connectivity index (χ2n) is 6.84. The van der Waals surface area contributed by atoms with Crippen LogP contribution in [0.2, 0.25) is 0 Å². The van der Waals surface area contributed by atoms with E-state index in [-0.39, 0.29) is 29.6 Å². The van der Waals surface area contributed by atoms with E-state index in [9.17, 15) is 19.7 Å². The number of methoxy groups -OCH3 is 1. The Morgan fingerprint density at radius 2 is 1.83 bits per heavy atom. The number of nitro groups is 1. The molecule has 0 aliphatic carbocycles. The lowest BCUT2D eigenvalue weighted by atomic mass is 10.0. The monoisotopic (exact) mass is 416 g/mol. The van der Waals surface area contributed by atoms with Crippen LogP contribution in [0.15, 0.2) is 36.4 Å². The topological polar surface area (TPSA) is 117 Å². The number of non-ortho nitro benzene ring substituents is 1. The van der Waals surface area contributed by atoms with Crippen molar-refractivity contribution >= 4 is 23.3 Å². The third-order valence-electron chi connectivity index (χ3n) is 4.17. The van der Waals surface area contributed by atoms with Crippen molar-refractivity contribution in [3.8, 4) is 11.5 Å². The number of nitro benzene ring substituents is 1. The van der Waals surface area contributed by atoms with Gasteiger partial charge in [-0.25, -0.2) is 4.79 Å². The summed E-state index contributed by atoms with van der Waals surface area (Å²) in [4.78, 5) is 34.2. The van der Waals surface area contributed by atoms with E-state index in [2.05, 4.69) is 5.32 Å². The smallest absolute Gasteiger partial charge is 0.344 e. The molecule has 0 radical (unpaired) electrons. The molecule has 160 valence electrons. The molecule has 0 saturated heterocycles. The number of hydrogen-bond donors (Lipinski definition) is 1. The second kappa shape index (κ2) is 10.2. The van der Waals surface area contributed by atoms with Crippen molar-refractivity contribution in [2.24, 2.45) is 0 Å². The molecular formula is C21H24N2O7. The third-order valence-corrected chi connectivity index (χ3v) is 4.17. The average molecular weight is 416 g/mol. The van der Waals surface area contributed by atoms with Crippen molar-refractivity contribution < 1.29 is 28.7 Å². The van der Waals surface area contributed by atoms with Gasteiger partial charge in [-0.3, -0.25) is 14.9 Å². The molecule has 0 atom stereocenters. The maximum Gasteiger partial charge on any atom is 0.344 e. The van der Waals surface area contributed by atoms with Crippen LogP contribution in [0.1, 0.15) is 30.9 Å². The summed E-state index contributed by atoms with van der Waals surface area (Å²) < 4.78 is 15.6. The Morgan fingerprint density at radius 3 is 2.47 bits per heavy atom. The van der Waals surface area contributed by atoms with Gasteiger partial charge in [0.05, 0.1) is 23.8 Å². The van der Waals surface area contributed by atoms with E-state index in [0.29, 0.717) is 5.75 Å². The summed E-state index contributed by atoms with van der Waals surface area (Å²) >= 11 is 0. The van der Waals surface area contributed by atoms with Gasteiger partial charge in [-0.1, -0.05) is 26.0 Å². The zero-order valence-corrected chi connectivity index (χ0v) is 17.3. The quantitative estimate of drug-likeness (QED) is 0.377. The molecule has 2 aromatic carbocycles. The Balaban J connectivity index is 1.89. The number of rotatable bonds is 9. The first-order valence-electron chi connectivity index (χ1n) is 9.22. The fourth-order valence-corrected chi connectivity index (χ4v) is 2.65. The largest absolute Gasteiger partial charge is 0.494 e. The molecule has 0 saturated carbocycles. The fraction of sp³-hybridized carbons (Fsp3) is 0.333. The third kappa shape index (κ3) is 6.20. The first-order valence-corrected chi connectivity index (χ1v) is 9.22. The highest BCUT2D eigenvalue weighted by Gasteiger charge is 2.15. The highest BCUT2D eigenvalue weighted by molar-refractivity contribution is 5.94. The summed E-state index contributed by atoms with van der Waals surface area (Å²) in [6.45, 7) is 5.09. The normalized spacial score (nSPS) is 10.4. The molecule has 9 nitrogen and oxygen atoms in total. The van der Waals surface area contributed by atoms with Crippen molar-refractivity contribution in [3.05, 3.63) is 57.6 Å². The molecular weight excluding hydrogens is 392 g/mol. The zero-order valence-electron chi connectivity index (χ0n) is 17.3. The van der Waals surface area contributed by atoms with Crippen LogP contribution < -0.4 is 14.8 Å². The lowest BCUT2D eigenvalue weighted by Crippen LogP contribution is -2.24. The van der Waals surface area contributed by atoms with Crippen LogP contribution in [0.25, 0.3) is 0 Å². The lowest BCUT2D eigenvalue weighted by Gasteiger charge is -2.14. The van der Waals surface area contributed by atoms with Crippen LogP contribution in [0, 0.1) is 17.0 Å². The number of nitrogens with one attached hydrogen (secondary N) is 1. The molecule has 9 heteroatoms. The Morgan fingerprint density at radius 1 is 1.10 bits per heavy atom. The van der Waals surface area contributed by atoms with E-state index in [4.69, 9.17) is 14.2 Å². The molecule has 2 aromatic rings. The Hall–Kier alpha value is -3.62. The molecule has 0 aliphatic heterocycles. The Bertz CT molecular complexity index is 941. The molecule has 0 spiro atoms. The molecule has 0 aliphatic rings. The summed E-state index contributed by atoms with van der Waals surface area (Å²) in [5.41, 5.74) is 2.02. The zero-order chi connectivity index (χ0) is 22.3. The standard InChI is InChI=1S/C21H24N2O7/c1-13(2)16-7-5-14(3)9-18(16)29-12-21(25)30-11-20(24)22-17-8-6-15(23(26)27)10-19(17)28-4/h5-10,13H,11-12H2,1-4H3,(H,22,24). The summed E-state index contributed by atoms with van der Waals surface area (Å²) in [5.74, 6) is -0.375. The van der Waals surface area contributed by atoms with Crippen LogP contribution in [0.3, 0.4) is 0 Å². The number of carbonyl (C=O) groups is 2. The van der Waals surface area contributed by atoms with Crippen LogP contribution in [0.4, 0.5) is 11.4 Å². The molecule has 0 unspecified atom stereocenters. The molecule has 0 fully saturated rings. The summed E-state index contributed by atoms with van der Waals surface area (Å²) in [6.07, 6.45) is 0. The molecule has 30 heavy (non-hydrogen) atoms. The van der Waals surface area contributed by atoms with Crippen molar-refractivity contribution in [1.82, 2.24) is 0 Å². The maximum atomic E-state index is 12.0. The molecule has 0 bridgehead atoms. The first kappa shape index (κ1) is 22.7. The summed E-state index contributed by atoms with van der Waals surface area (Å²) in [5, 5.41) is 13.3. The predicted molar refractivity (Wildman–Crippen MR) is 110 cm³/mol. The van der Waals surface area contributed by atoms with Crippen LogP contribution in [-0.2, 0) is 14.3 Å². The molecule has 1 amide bonds. The second-order valence-corrected chi connectivity index (χ2v) is 6.84. The van der Waals surface area contributed by atoms with Crippen molar-refractivity contribution in [2.75, 3.05) is 25.6 Å². The lowest BCUT2D eigenvalue weighted by molar-refractivity contribution is -0.384. The number of aryl methyl sites for hydroxylation is 1. The van der Waals surface area contributed by atoms with Gasteiger partial charge >= 0.3 is 5.97 Å². The SMILES string of the molecule is COc1cc([N+](=O)[O-])ccc1NC(=O)COC(=O)COc1cc(C)ccc1C(C)C. The number of ether oxygens (including phenoxy) is 3. The fourth-order valence-electron chi connectivity index (χ4n) is 2.65. The van der Waals surface area contributed by atoms with Crippen LogP contribution in [-0.4, -0.2) is 37.1 Å². The van der Waals surface area contributed by atoms with Gasteiger partial charge < -0.3 is 19.5 Å². The minimum absolute atomic E-state index is 0.118. The van der Waals surface area contributed by atoms with Gasteiger partial charge in [0.2, 0.25) is 0 Å². The maximum absolute atomic E-state index is 12.0. The van der Waals surface area contributed by atoms with E-state index in [1.54, 1.807) is 0 Å². The van der Waals surface area contributed by atoms with Crippen LogP contribution in [0.5, 0.6) is 11.5 Å². The molecule has 0 aromatic heterocycles. The summed E-state index contributed by atoms with van der Waals surface area (Å²) in [6, 6.07) is 9.51. The summed E-state index contributed by atoms with van der Waals surface area (Å²) in [7, 11) is 1.32. The van der Waals surface area contributed by atoms with Gasteiger partial charge in [-0.05, 0) is 36.1 Å². The number of carbonyl (C=O) groups excluding carboxylic acids is 2. The molecule has 0 heterocycles. The van der Waals surface area contributed by atoms with Gasteiger partial charge in [0.1, 0.15) is 11.5 Å². The highest BCUT2D eigenvalue weighted by Crippen LogP contribution is 2.29. The Kier molecular flexibility index (Phi) is 7.74. The van der Waals surface area contributed by atoms with E-state index in [1.165, 1.54) is 25.3 Å². The van der Waals surface area contributed by atoms with Gasteiger partial charge in [-0.2, -0.15) is 0 Å². The molecule has 2 rings (SSSR count). The van der Waals surface area contributed by atoms with E-state index >= 15 is 0 Å². The van der Waals surface area contributed by atoms with E-state index < -0.39 is 23.4 Å². The number of hydrogen-bond acceptors (Lipinski definition) is 7. The molecule has 1 N–H and O–H groups in total. The number of nitrogens with zero attached hydrogens (tertiary/aromatic N) is 1. The van der Waals surface area contributed by atoms with E-state index in [0.717, 1.165) is 11.1 Å². The number of anilines is 1. The van der Waals surface area contributed by atoms with Crippen molar-refractivity contribution in [3.63, 3.8) is 0 Å². The first-order chi connectivity index (χ1) is 14.2. The van der Waals surface area contributed by atoms with Gasteiger partial charge in [-0.15, -0.1) is 0 Å². The number of esters is 1. The number of amides is 1. The highest BCUT2D eigenvalue weighted by atomic mass is 16.6. The van der Waals surface area contributed by atoms with Crippen molar-refractivity contribution in [1.29, 1.82) is 0 Å². The van der Waals surface area contributed by atoms with Gasteiger partial charge in [0.15, 0.2) is 13.2 Å². The van der Waals surface area contributed by atoms with Gasteiger partial charge in [0.25, 0.3) is 11.6 Å². The van der Waals surface area contributed by atoms with E-state index in [1.807, 2.05) is 39.0 Å². The predicted octanol–water partition coefficient (Wildman–Crippen LogP) is 3.60.